The number of hydrogen-bond donors (Lipinski definition) is 0. The Morgan fingerprint density at radius 1 is 1.26 bits per heavy atom. The van der Waals surface area contributed by atoms with E-state index in [9.17, 15) is 13.7 Å². The third-order valence-corrected chi connectivity index (χ3v) is 6.53. The van der Waals surface area contributed by atoms with Gasteiger partial charge in [-0.2, -0.15) is 5.26 Å². The Balaban J connectivity index is 1.72. The number of aromatic nitrogens is 1. The maximum Gasteiger partial charge on any atom is 0.151 e. The molecular weight excluding hydrogens is 312 g/mol. The molecule has 0 aromatic carbocycles. The van der Waals surface area contributed by atoms with E-state index in [1.54, 1.807) is 0 Å². The molecule has 2 aliphatic heterocycles. The minimum absolute atomic E-state index is 0.157. The van der Waals surface area contributed by atoms with E-state index in [2.05, 4.69) is 20.9 Å². The van der Waals surface area contributed by atoms with E-state index in [-0.39, 0.29) is 11.8 Å². The average molecular weight is 334 g/mol. The molecule has 0 bridgehead atoms. The predicted octanol–water partition coefficient (Wildman–Crippen LogP) is 0.879. The highest BCUT2D eigenvalue weighted by Crippen LogP contribution is 2.25. The van der Waals surface area contributed by atoms with Crippen molar-refractivity contribution in [3.05, 3.63) is 22.9 Å². The van der Waals surface area contributed by atoms with E-state index in [0.29, 0.717) is 11.3 Å². The number of hydrogen-bond acceptors (Lipinski definition) is 6. The molecule has 0 saturated carbocycles. The SMILES string of the molecule is Cc1cc(C)c(C#N)c(N2CCN([C@H]3CCS(=O)(=O)C3)CC2)n1. The van der Waals surface area contributed by atoms with Crippen LogP contribution in [0.4, 0.5) is 5.82 Å². The zero-order valence-corrected chi connectivity index (χ0v) is 14.4. The lowest BCUT2D eigenvalue weighted by Crippen LogP contribution is -2.51. The summed E-state index contributed by atoms with van der Waals surface area (Å²) >= 11 is 0. The predicted molar refractivity (Wildman–Crippen MR) is 89.3 cm³/mol. The zero-order chi connectivity index (χ0) is 16.6. The second kappa shape index (κ2) is 6.10. The molecule has 23 heavy (non-hydrogen) atoms. The van der Waals surface area contributed by atoms with Gasteiger partial charge in [-0.1, -0.05) is 0 Å². The lowest BCUT2D eigenvalue weighted by Gasteiger charge is -2.38. The van der Waals surface area contributed by atoms with Gasteiger partial charge in [-0.05, 0) is 31.9 Å². The second-order valence-electron chi connectivity index (χ2n) is 6.47. The van der Waals surface area contributed by atoms with E-state index in [4.69, 9.17) is 0 Å². The van der Waals surface area contributed by atoms with Crippen molar-refractivity contribution in [3.63, 3.8) is 0 Å². The van der Waals surface area contributed by atoms with Gasteiger partial charge in [0.1, 0.15) is 11.9 Å². The van der Waals surface area contributed by atoms with Crippen molar-refractivity contribution >= 4 is 15.7 Å². The number of nitriles is 1. The summed E-state index contributed by atoms with van der Waals surface area (Å²) < 4.78 is 23.3. The Bertz CT molecular complexity index is 746. The van der Waals surface area contributed by atoms with Crippen molar-refractivity contribution in [1.82, 2.24) is 9.88 Å². The third-order valence-electron chi connectivity index (χ3n) is 4.78. The monoisotopic (exact) mass is 334 g/mol. The van der Waals surface area contributed by atoms with E-state index in [1.165, 1.54) is 0 Å². The third kappa shape index (κ3) is 3.33. The molecule has 1 aromatic heterocycles. The quantitative estimate of drug-likeness (QED) is 0.799. The molecule has 0 radical (unpaired) electrons. The molecule has 2 saturated heterocycles. The molecule has 6 nitrogen and oxygen atoms in total. The summed E-state index contributed by atoms with van der Waals surface area (Å²) in [5.74, 6) is 1.37. The lowest BCUT2D eigenvalue weighted by molar-refractivity contribution is 0.200. The Kier molecular flexibility index (Phi) is 4.30. The van der Waals surface area contributed by atoms with Gasteiger partial charge < -0.3 is 4.90 Å². The van der Waals surface area contributed by atoms with Crippen molar-refractivity contribution in [2.24, 2.45) is 0 Å². The number of piperazine rings is 1. The first-order valence-corrected chi connectivity index (χ1v) is 9.79. The first kappa shape index (κ1) is 16.2. The minimum atomic E-state index is -2.84. The number of nitrogens with zero attached hydrogens (tertiary/aromatic N) is 4. The van der Waals surface area contributed by atoms with Crippen molar-refractivity contribution in [1.29, 1.82) is 5.26 Å². The van der Waals surface area contributed by atoms with E-state index in [1.807, 2.05) is 19.9 Å². The van der Waals surface area contributed by atoms with Crippen LogP contribution >= 0.6 is 0 Å². The number of pyridine rings is 1. The Hall–Kier alpha value is -1.65. The van der Waals surface area contributed by atoms with Gasteiger partial charge in [0.05, 0.1) is 17.1 Å². The molecule has 0 N–H and O–H groups in total. The summed E-state index contributed by atoms with van der Waals surface area (Å²) in [4.78, 5) is 8.99. The van der Waals surface area contributed by atoms with Crippen LogP contribution in [0.5, 0.6) is 0 Å². The van der Waals surface area contributed by atoms with Crippen LogP contribution in [-0.4, -0.2) is 62.0 Å². The van der Waals surface area contributed by atoms with Crippen LogP contribution in [0.2, 0.25) is 0 Å². The van der Waals surface area contributed by atoms with Gasteiger partial charge in [0.25, 0.3) is 0 Å². The lowest BCUT2D eigenvalue weighted by atomic mass is 10.1. The Morgan fingerprint density at radius 2 is 1.96 bits per heavy atom. The molecule has 3 heterocycles. The number of aryl methyl sites for hydroxylation is 2. The molecule has 2 fully saturated rings. The number of sulfone groups is 1. The molecule has 1 aromatic rings. The fourth-order valence-electron chi connectivity index (χ4n) is 3.55. The summed E-state index contributed by atoms with van der Waals surface area (Å²) in [6, 6.07) is 4.36. The van der Waals surface area contributed by atoms with Crippen LogP contribution in [-0.2, 0) is 9.84 Å². The smallest absolute Gasteiger partial charge is 0.151 e. The summed E-state index contributed by atoms with van der Waals surface area (Å²) in [5, 5.41) is 9.41. The van der Waals surface area contributed by atoms with Gasteiger partial charge >= 0.3 is 0 Å². The molecule has 7 heteroatoms. The van der Waals surface area contributed by atoms with Gasteiger partial charge in [0.2, 0.25) is 0 Å². The van der Waals surface area contributed by atoms with Gasteiger partial charge in [0.15, 0.2) is 9.84 Å². The van der Waals surface area contributed by atoms with Gasteiger partial charge in [-0.25, -0.2) is 13.4 Å². The van der Waals surface area contributed by atoms with Crippen LogP contribution < -0.4 is 4.90 Å². The molecule has 124 valence electrons. The molecule has 0 spiro atoms. The maximum atomic E-state index is 11.6. The number of rotatable bonds is 2. The standard InChI is InChI=1S/C16H22N4O2S/c1-12-9-13(2)18-16(15(12)10-17)20-6-4-19(5-7-20)14-3-8-23(21,22)11-14/h9,14H,3-8,11H2,1-2H3/t14-/m0/s1. The molecule has 0 aliphatic carbocycles. The molecule has 1 atom stereocenters. The first-order chi connectivity index (χ1) is 10.9. The summed E-state index contributed by atoms with van der Waals surface area (Å²) in [5.41, 5.74) is 2.52. The molecule has 2 aliphatic rings. The van der Waals surface area contributed by atoms with Crippen molar-refractivity contribution in [2.45, 2.75) is 26.3 Å². The fraction of sp³-hybridized carbons (Fsp3) is 0.625. The fourth-order valence-corrected chi connectivity index (χ4v) is 5.31. The highest BCUT2D eigenvalue weighted by Gasteiger charge is 2.34. The maximum absolute atomic E-state index is 11.6. The summed E-state index contributed by atoms with van der Waals surface area (Å²) in [6.07, 6.45) is 0.744. The largest absolute Gasteiger partial charge is 0.353 e. The second-order valence-corrected chi connectivity index (χ2v) is 8.70. The van der Waals surface area contributed by atoms with Crippen molar-refractivity contribution in [2.75, 3.05) is 42.6 Å². The normalized spacial score (nSPS) is 24.6. The summed E-state index contributed by atoms with van der Waals surface area (Å²) in [6.45, 7) is 7.08. The molecular formula is C16H22N4O2S. The van der Waals surface area contributed by atoms with E-state index >= 15 is 0 Å². The molecule has 3 rings (SSSR count). The average Bonchev–Trinajstić information content (AvgIpc) is 2.87. The minimum Gasteiger partial charge on any atom is -0.353 e. The van der Waals surface area contributed by atoms with E-state index < -0.39 is 9.84 Å². The summed E-state index contributed by atoms with van der Waals surface area (Å²) in [7, 11) is -2.84. The molecule has 0 amide bonds. The Morgan fingerprint density at radius 3 is 2.52 bits per heavy atom. The Labute approximate surface area is 137 Å². The van der Waals surface area contributed by atoms with Crippen LogP contribution in [0.1, 0.15) is 23.2 Å². The number of anilines is 1. The zero-order valence-electron chi connectivity index (χ0n) is 13.6. The highest BCUT2D eigenvalue weighted by atomic mass is 32.2. The highest BCUT2D eigenvalue weighted by molar-refractivity contribution is 7.91. The van der Waals surface area contributed by atoms with Gasteiger partial charge in [-0.15, -0.1) is 0 Å². The van der Waals surface area contributed by atoms with Crippen molar-refractivity contribution < 1.29 is 8.42 Å². The van der Waals surface area contributed by atoms with Gasteiger partial charge in [0, 0.05) is 37.9 Å². The van der Waals surface area contributed by atoms with Crippen LogP contribution in [0.15, 0.2) is 6.07 Å². The van der Waals surface area contributed by atoms with Crippen molar-refractivity contribution in [3.8, 4) is 6.07 Å². The van der Waals surface area contributed by atoms with Gasteiger partial charge in [-0.3, -0.25) is 4.90 Å². The van der Waals surface area contributed by atoms with Crippen LogP contribution in [0, 0.1) is 25.2 Å². The molecule has 0 unspecified atom stereocenters. The first-order valence-electron chi connectivity index (χ1n) is 7.97. The van der Waals surface area contributed by atoms with Crippen LogP contribution in [0.3, 0.4) is 0 Å². The van der Waals surface area contributed by atoms with Crippen LogP contribution in [0.25, 0.3) is 0 Å². The van der Waals surface area contributed by atoms with E-state index in [0.717, 1.165) is 49.7 Å². The topological polar surface area (TPSA) is 77.3 Å².